The predicted molar refractivity (Wildman–Crippen MR) is 162 cm³/mol. The Kier molecular flexibility index (Phi) is 11.2. The minimum Gasteiger partial charge on any atom is -0.352 e. The standard InChI is InChI=1S/C31H38ClN3O4S/c1-5-23(3)33-31(37)29(20-24-14-8-7-9-15-24)34(21-26-17-10-12-18-27(26)32)30(36)22-35(40(4,38)39)28-19-13-11-16-25(28)6-2/h7-19,23,29H,5-6,20-22H2,1-4H3,(H,33,37)/t23-,29-/m0/s1. The predicted octanol–water partition coefficient (Wildman–Crippen LogP) is 5.22. The number of carbonyl (C=O) groups excluding carboxylic acids is 2. The molecule has 0 radical (unpaired) electrons. The van der Waals surface area contributed by atoms with Crippen LogP contribution in [0.15, 0.2) is 78.9 Å². The lowest BCUT2D eigenvalue weighted by molar-refractivity contribution is -0.140. The fourth-order valence-electron chi connectivity index (χ4n) is 4.45. The second kappa shape index (κ2) is 14.3. The van der Waals surface area contributed by atoms with Crippen molar-refractivity contribution in [2.75, 3.05) is 17.1 Å². The minimum atomic E-state index is -3.83. The van der Waals surface area contributed by atoms with E-state index in [0.717, 1.165) is 28.1 Å². The molecular weight excluding hydrogens is 546 g/mol. The Labute approximate surface area is 243 Å². The van der Waals surface area contributed by atoms with Crippen molar-refractivity contribution in [3.63, 3.8) is 0 Å². The number of amides is 2. The number of halogens is 1. The highest BCUT2D eigenvalue weighted by atomic mass is 35.5. The van der Waals surface area contributed by atoms with Crippen molar-refractivity contribution in [3.05, 3.63) is 101 Å². The van der Waals surface area contributed by atoms with Crippen LogP contribution < -0.4 is 9.62 Å². The van der Waals surface area contributed by atoms with E-state index in [9.17, 15) is 18.0 Å². The summed E-state index contributed by atoms with van der Waals surface area (Å²) < 4.78 is 27.1. The number of hydrogen-bond acceptors (Lipinski definition) is 4. The number of rotatable bonds is 13. The molecule has 2 amide bonds. The Morgan fingerprint density at radius 2 is 1.50 bits per heavy atom. The van der Waals surface area contributed by atoms with Gasteiger partial charge in [-0.3, -0.25) is 13.9 Å². The molecule has 0 aromatic heterocycles. The van der Waals surface area contributed by atoms with E-state index in [1.165, 1.54) is 4.90 Å². The van der Waals surface area contributed by atoms with E-state index in [4.69, 9.17) is 11.6 Å². The van der Waals surface area contributed by atoms with E-state index in [2.05, 4.69) is 5.32 Å². The van der Waals surface area contributed by atoms with Gasteiger partial charge in [-0.15, -0.1) is 0 Å². The second-order valence-electron chi connectivity index (χ2n) is 9.89. The van der Waals surface area contributed by atoms with Crippen molar-refractivity contribution in [2.24, 2.45) is 0 Å². The summed E-state index contributed by atoms with van der Waals surface area (Å²) in [5.74, 6) is -0.810. The lowest BCUT2D eigenvalue weighted by atomic mass is 10.0. The third kappa shape index (κ3) is 8.32. The summed E-state index contributed by atoms with van der Waals surface area (Å²) in [6, 6.07) is 22.7. The summed E-state index contributed by atoms with van der Waals surface area (Å²) >= 11 is 6.49. The first-order chi connectivity index (χ1) is 19.0. The number of para-hydroxylation sites is 1. The van der Waals surface area contributed by atoms with Crippen LogP contribution in [0.3, 0.4) is 0 Å². The highest BCUT2D eigenvalue weighted by molar-refractivity contribution is 7.92. The first-order valence-corrected chi connectivity index (χ1v) is 15.7. The van der Waals surface area contributed by atoms with E-state index in [1.54, 1.807) is 30.3 Å². The van der Waals surface area contributed by atoms with Crippen molar-refractivity contribution in [3.8, 4) is 0 Å². The molecule has 3 rings (SSSR count). The summed E-state index contributed by atoms with van der Waals surface area (Å²) in [4.78, 5) is 29.4. The lowest BCUT2D eigenvalue weighted by Gasteiger charge is -2.34. The Hall–Kier alpha value is -3.36. The maximum absolute atomic E-state index is 14.2. The van der Waals surface area contributed by atoms with Crippen molar-refractivity contribution in [1.29, 1.82) is 0 Å². The van der Waals surface area contributed by atoms with E-state index in [1.807, 2.05) is 69.3 Å². The van der Waals surface area contributed by atoms with Gasteiger partial charge in [-0.1, -0.05) is 92.2 Å². The van der Waals surface area contributed by atoms with Gasteiger partial charge in [0.15, 0.2) is 0 Å². The first kappa shape index (κ1) is 31.2. The fourth-order valence-corrected chi connectivity index (χ4v) is 5.53. The third-order valence-corrected chi connectivity index (χ3v) is 8.39. The molecule has 7 nitrogen and oxygen atoms in total. The average Bonchev–Trinajstić information content (AvgIpc) is 2.94. The van der Waals surface area contributed by atoms with Crippen LogP contribution in [-0.2, 0) is 39.0 Å². The largest absolute Gasteiger partial charge is 0.352 e. The van der Waals surface area contributed by atoms with Crippen molar-refractivity contribution in [2.45, 2.75) is 58.7 Å². The van der Waals surface area contributed by atoms with Gasteiger partial charge in [-0.05, 0) is 48.6 Å². The number of anilines is 1. The number of nitrogens with zero attached hydrogens (tertiary/aromatic N) is 2. The average molecular weight is 584 g/mol. The topological polar surface area (TPSA) is 86.8 Å². The summed E-state index contributed by atoms with van der Waals surface area (Å²) in [6.07, 6.45) is 2.65. The van der Waals surface area contributed by atoms with Gasteiger partial charge in [0.25, 0.3) is 0 Å². The van der Waals surface area contributed by atoms with Gasteiger partial charge in [-0.25, -0.2) is 8.42 Å². The highest BCUT2D eigenvalue weighted by Crippen LogP contribution is 2.25. The Bertz CT molecular complexity index is 1400. The Morgan fingerprint density at radius 3 is 2.10 bits per heavy atom. The zero-order chi connectivity index (χ0) is 29.3. The Balaban J connectivity index is 2.09. The maximum Gasteiger partial charge on any atom is 0.244 e. The van der Waals surface area contributed by atoms with Gasteiger partial charge in [0.1, 0.15) is 12.6 Å². The first-order valence-electron chi connectivity index (χ1n) is 13.5. The second-order valence-corrected chi connectivity index (χ2v) is 12.2. The molecule has 0 aliphatic rings. The smallest absolute Gasteiger partial charge is 0.244 e. The van der Waals surface area contributed by atoms with Gasteiger partial charge in [0.05, 0.1) is 11.9 Å². The van der Waals surface area contributed by atoms with Crippen LogP contribution in [0.5, 0.6) is 0 Å². The van der Waals surface area contributed by atoms with E-state index in [-0.39, 0.29) is 24.9 Å². The van der Waals surface area contributed by atoms with Crippen LogP contribution in [0.2, 0.25) is 5.02 Å². The molecule has 0 aliphatic carbocycles. The van der Waals surface area contributed by atoms with Gasteiger partial charge in [0, 0.05) is 24.0 Å². The summed E-state index contributed by atoms with van der Waals surface area (Å²) in [7, 11) is -3.83. The zero-order valence-electron chi connectivity index (χ0n) is 23.5. The molecule has 3 aromatic rings. The summed E-state index contributed by atoms with van der Waals surface area (Å²) in [5, 5.41) is 3.48. The number of aryl methyl sites for hydroxylation is 1. The molecule has 0 bridgehead atoms. The van der Waals surface area contributed by atoms with Crippen molar-refractivity contribution < 1.29 is 18.0 Å². The quantitative estimate of drug-likeness (QED) is 0.299. The molecule has 0 aliphatic heterocycles. The van der Waals surface area contributed by atoms with Crippen molar-refractivity contribution in [1.82, 2.24) is 10.2 Å². The van der Waals surface area contributed by atoms with Gasteiger partial charge in [-0.2, -0.15) is 0 Å². The number of nitrogens with one attached hydrogen (secondary N) is 1. The SMILES string of the molecule is CCc1ccccc1N(CC(=O)N(Cc1ccccc1Cl)[C@@H](Cc1ccccc1)C(=O)N[C@@H](C)CC)S(C)(=O)=O. The van der Waals surface area contributed by atoms with Crippen LogP contribution >= 0.6 is 11.6 Å². The zero-order valence-corrected chi connectivity index (χ0v) is 25.1. The third-order valence-electron chi connectivity index (χ3n) is 6.89. The molecule has 40 heavy (non-hydrogen) atoms. The van der Waals surface area contributed by atoms with E-state index >= 15 is 0 Å². The van der Waals surface area contributed by atoms with Crippen LogP contribution in [0, 0.1) is 0 Å². The summed E-state index contributed by atoms with van der Waals surface area (Å²) in [6.45, 7) is 5.39. The minimum absolute atomic E-state index is 0.0387. The molecule has 9 heteroatoms. The van der Waals surface area contributed by atoms with Gasteiger partial charge in [0.2, 0.25) is 21.8 Å². The number of carbonyl (C=O) groups is 2. The number of sulfonamides is 1. The molecule has 3 aromatic carbocycles. The molecule has 0 fully saturated rings. The van der Waals surface area contributed by atoms with Crippen molar-refractivity contribution >= 4 is 39.1 Å². The molecule has 0 saturated heterocycles. The van der Waals surface area contributed by atoms with Crippen LogP contribution in [0.4, 0.5) is 5.69 Å². The molecule has 2 atom stereocenters. The van der Waals surface area contributed by atoms with Crippen LogP contribution in [0.1, 0.15) is 43.9 Å². The Morgan fingerprint density at radius 1 is 0.900 bits per heavy atom. The van der Waals surface area contributed by atoms with E-state index in [0.29, 0.717) is 22.7 Å². The molecule has 0 saturated carbocycles. The lowest BCUT2D eigenvalue weighted by Crippen LogP contribution is -2.54. The molecule has 0 heterocycles. The van der Waals surface area contributed by atoms with Crippen LogP contribution in [-0.4, -0.2) is 50.0 Å². The van der Waals surface area contributed by atoms with Gasteiger partial charge >= 0.3 is 0 Å². The van der Waals surface area contributed by atoms with Crippen LogP contribution in [0.25, 0.3) is 0 Å². The normalized spacial score (nSPS) is 12.8. The molecule has 0 spiro atoms. The molecule has 214 valence electrons. The summed E-state index contributed by atoms with van der Waals surface area (Å²) in [5.41, 5.74) is 2.78. The fraction of sp³-hybridized carbons (Fsp3) is 0.355. The maximum atomic E-state index is 14.2. The number of hydrogen-bond donors (Lipinski definition) is 1. The van der Waals surface area contributed by atoms with Gasteiger partial charge < -0.3 is 10.2 Å². The number of benzene rings is 3. The molecule has 0 unspecified atom stereocenters. The molecular formula is C31H38ClN3O4S. The monoisotopic (exact) mass is 583 g/mol. The highest BCUT2D eigenvalue weighted by Gasteiger charge is 2.34. The molecule has 1 N–H and O–H groups in total. The van der Waals surface area contributed by atoms with E-state index < -0.39 is 28.5 Å².